The lowest BCUT2D eigenvalue weighted by atomic mass is 10.0. The minimum atomic E-state index is -2.86. The molecule has 0 atom stereocenters. The van der Waals surface area contributed by atoms with Crippen molar-refractivity contribution in [3.63, 3.8) is 0 Å². The van der Waals surface area contributed by atoms with Gasteiger partial charge in [-0.15, -0.1) is 0 Å². The Kier molecular flexibility index (Phi) is 6.40. The summed E-state index contributed by atoms with van der Waals surface area (Å²) >= 11 is 0. The van der Waals surface area contributed by atoms with Crippen molar-refractivity contribution in [1.82, 2.24) is 4.57 Å². The molecular weight excluding hydrogens is 452 g/mol. The first-order valence-corrected chi connectivity index (χ1v) is 11.6. The van der Waals surface area contributed by atoms with Gasteiger partial charge in [-0.3, -0.25) is 0 Å². The fourth-order valence-electron chi connectivity index (χ4n) is 4.13. The second-order valence-electron chi connectivity index (χ2n) is 8.57. The Balaban J connectivity index is 1.41. The molecule has 0 bridgehead atoms. The molecule has 1 fully saturated rings. The van der Waals surface area contributed by atoms with Gasteiger partial charge in [0.25, 0.3) is 0 Å². The molecule has 0 unspecified atom stereocenters. The highest BCUT2D eigenvalue weighted by molar-refractivity contribution is 6.01. The van der Waals surface area contributed by atoms with E-state index in [0.29, 0.717) is 29.6 Å². The number of hydrogen-bond acceptors (Lipinski definition) is 4. The summed E-state index contributed by atoms with van der Waals surface area (Å²) in [5.74, 6) is 1.58. The maximum absolute atomic E-state index is 12.3. The Morgan fingerprint density at radius 2 is 1.63 bits per heavy atom. The van der Waals surface area contributed by atoms with Crippen LogP contribution in [0.15, 0.2) is 72.9 Å². The molecule has 3 aromatic carbocycles. The Hall–Kier alpha value is -3.87. The topological polar surface area (TPSA) is 49.7 Å². The van der Waals surface area contributed by atoms with Crippen molar-refractivity contribution < 1.29 is 27.8 Å². The quantitative estimate of drug-likeness (QED) is 0.238. The van der Waals surface area contributed by atoms with Gasteiger partial charge in [0.15, 0.2) is 0 Å². The van der Waals surface area contributed by atoms with Crippen molar-refractivity contribution in [1.29, 1.82) is 0 Å². The third kappa shape index (κ3) is 5.29. The number of alkyl halides is 2. The number of fused-ring (bicyclic) bond motifs is 1. The van der Waals surface area contributed by atoms with Gasteiger partial charge in [-0.05, 0) is 85.8 Å². The van der Waals surface area contributed by atoms with E-state index in [0.717, 1.165) is 28.6 Å². The van der Waals surface area contributed by atoms with Crippen molar-refractivity contribution in [3.8, 4) is 28.4 Å². The van der Waals surface area contributed by atoms with E-state index in [-0.39, 0.29) is 11.7 Å². The summed E-state index contributed by atoms with van der Waals surface area (Å²) in [5, 5.41) is 1.000. The number of ether oxygens (including phenoxy) is 3. The normalized spacial score (nSPS) is 13.3. The molecular formula is C28H25F2NO4. The number of benzene rings is 3. The van der Waals surface area contributed by atoms with Crippen LogP contribution in [0, 0.1) is 5.92 Å². The van der Waals surface area contributed by atoms with Gasteiger partial charge in [0.05, 0.1) is 12.2 Å². The van der Waals surface area contributed by atoms with Crippen LogP contribution in [0.25, 0.3) is 22.0 Å². The van der Waals surface area contributed by atoms with Crippen LogP contribution in [0.4, 0.5) is 8.78 Å². The zero-order valence-electron chi connectivity index (χ0n) is 19.2. The molecule has 5 rings (SSSR count). The second kappa shape index (κ2) is 9.78. The number of rotatable bonds is 9. The standard InChI is InChI=1S/C28H25F2NO4/c1-2-33-27(32)20-7-14-26-24(15-20)25(17-31(26)16-18-3-4-18)19-5-8-21(9-6-19)34-22-10-12-23(13-11-22)35-28(29)30/h5-15,17-18,28H,2-4,16H2,1H3. The summed E-state index contributed by atoms with van der Waals surface area (Å²) in [6.45, 7) is 0.221. The van der Waals surface area contributed by atoms with Crippen LogP contribution in [0.2, 0.25) is 0 Å². The lowest BCUT2D eigenvalue weighted by Crippen LogP contribution is -2.04. The lowest BCUT2D eigenvalue weighted by Gasteiger charge is -2.08. The molecule has 1 aliphatic rings. The van der Waals surface area contributed by atoms with Crippen LogP contribution < -0.4 is 9.47 Å². The maximum Gasteiger partial charge on any atom is 0.387 e. The minimum Gasteiger partial charge on any atom is -0.462 e. The van der Waals surface area contributed by atoms with Crippen LogP contribution in [-0.4, -0.2) is 23.8 Å². The molecule has 0 spiro atoms. The van der Waals surface area contributed by atoms with Crippen LogP contribution in [0.3, 0.4) is 0 Å². The molecule has 0 N–H and O–H groups in total. The number of hydrogen-bond donors (Lipinski definition) is 0. The first-order chi connectivity index (χ1) is 17.0. The fourth-order valence-corrected chi connectivity index (χ4v) is 4.13. The number of aromatic nitrogens is 1. The Morgan fingerprint density at radius 3 is 2.26 bits per heavy atom. The molecule has 1 saturated carbocycles. The maximum atomic E-state index is 12.3. The molecule has 0 radical (unpaired) electrons. The van der Waals surface area contributed by atoms with Gasteiger partial charge in [0.2, 0.25) is 0 Å². The van der Waals surface area contributed by atoms with E-state index >= 15 is 0 Å². The van der Waals surface area contributed by atoms with E-state index in [1.165, 1.54) is 25.0 Å². The average molecular weight is 478 g/mol. The lowest BCUT2D eigenvalue weighted by molar-refractivity contribution is -0.0498. The summed E-state index contributed by atoms with van der Waals surface area (Å²) in [7, 11) is 0. The first-order valence-electron chi connectivity index (χ1n) is 11.6. The van der Waals surface area contributed by atoms with Gasteiger partial charge >= 0.3 is 12.6 Å². The number of esters is 1. The van der Waals surface area contributed by atoms with Gasteiger partial charge in [-0.1, -0.05) is 12.1 Å². The van der Waals surface area contributed by atoms with Gasteiger partial charge in [-0.2, -0.15) is 8.78 Å². The number of carbonyl (C=O) groups excluding carboxylic acids is 1. The van der Waals surface area contributed by atoms with Crippen LogP contribution in [0.1, 0.15) is 30.1 Å². The van der Waals surface area contributed by atoms with Gasteiger partial charge < -0.3 is 18.8 Å². The third-order valence-corrected chi connectivity index (χ3v) is 5.99. The Labute approximate surface area is 201 Å². The van der Waals surface area contributed by atoms with E-state index < -0.39 is 6.61 Å². The summed E-state index contributed by atoms with van der Waals surface area (Å²) < 4.78 is 42.3. The summed E-state index contributed by atoms with van der Waals surface area (Å²) in [6, 6.07) is 19.4. The van der Waals surface area contributed by atoms with E-state index in [4.69, 9.17) is 9.47 Å². The molecule has 0 saturated heterocycles. The molecule has 5 nitrogen and oxygen atoms in total. The zero-order valence-corrected chi connectivity index (χ0v) is 19.2. The fraction of sp³-hybridized carbons (Fsp3) is 0.250. The monoisotopic (exact) mass is 477 g/mol. The number of halogens is 2. The molecule has 180 valence electrons. The molecule has 35 heavy (non-hydrogen) atoms. The van der Waals surface area contributed by atoms with Gasteiger partial charge in [-0.25, -0.2) is 4.79 Å². The molecule has 1 heterocycles. The predicted molar refractivity (Wildman–Crippen MR) is 129 cm³/mol. The van der Waals surface area contributed by atoms with E-state index in [9.17, 15) is 13.6 Å². The largest absolute Gasteiger partial charge is 0.462 e. The minimum absolute atomic E-state index is 0.0764. The van der Waals surface area contributed by atoms with Gasteiger partial charge in [0, 0.05) is 29.2 Å². The first kappa shape index (κ1) is 22.9. The highest BCUT2D eigenvalue weighted by atomic mass is 19.3. The summed E-state index contributed by atoms with van der Waals surface area (Å²) in [5.41, 5.74) is 3.65. The third-order valence-electron chi connectivity index (χ3n) is 5.99. The average Bonchev–Trinajstić information content (AvgIpc) is 3.60. The molecule has 4 aromatic rings. The zero-order chi connectivity index (χ0) is 24.4. The molecule has 7 heteroatoms. The molecule has 1 aromatic heterocycles. The van der Waals surface area contributed by atoms with E-state index in [2.05, 4.69) is 15.5 Å². The van der Waals surface area contributed by atoms with E-state index in [1.54, 1.807) is 19.1 Å². The summed E-state index contributed by atoms with van der Waals surface area (Å²) in [4.78, 5) is 12.3. The van der Waals surface area contributed by atoms with Crippen molar-refractivity contribution in [2.24, 2.45) is 5.92 Å². The highest BCUT2D eigenvalue weighted by Gasteiger charge is 2.23. The van der Waals surface area contributed by atoms with Crippen LogP contribution in [0.5, 0.6) is 17.2 Å². The molecule has 0 amide bonds. The van der Waals surface area contributed by atoms with Crippen molar-refractivity contribution in [2.45, 2.75) is 32.9 Å². The van der Waals surface area contributed by atoms with Crippen LogP contribution >= 0.6 is 0 Å². The van der Waals surface area contributed by atoms with Crippen molar-refractivity contribution >= 4 is 16.9 Å². The second-order valence-corrected chi connectivity index (χ2v) is 8.57. The predicted octanol–water partition coefficient (Wildman–Crippen LogP) is 7.29. The van der Waals surface area contributed by atoms with Crippen molar-refractivity contribution in [3.05, 3.63) is 78.5 Å². The van der Waals surface area contributed by atoms with Crippen molar-refractivity contribution in [2.75, 3.05) is 6.61 Å². The Morgan fingerprint density at radius 1 is 0.971 bits per heavy atom. The smallest absolute Gasteiger partial charge is 0.387 e. The number of nitrogens with zero attached hydrogens (tertiary/aromatic N) is 1. The Bertz CT molecular complexity index is 1330. The van der Waals surface area contributed by atoms with Crippen LogP contribution in [-0.2, 0) is 11.3 Å². The SMILES string of the molecule is CCOC(=O)c1ccc2c(c1)c(-c1ccc(Oc3ccc(OC(F)F)cc3)cc1)cn2CC1CC1. The molecule has 0 aliphatic heterocycles. The molecule has 1 aliphatic carbocycles. The number of carbonyl (C=O) groups is 1. The summed E-state index contributed by atoms with van der Waals surface area (Å²) in [6.07, 6.45) is 4.64. The van der Waals surface area contributed by atoms with E-state index in [1.807, 2.05) is 42.5 Å². The highest BCUT2D eigenvalue weighted by Crippen LogP contribution is 2.37. The van der Waals surface area contributed by atoms with Gasteiger partial charge in [0.1, 0.15) is 17.2 Å².